The lowest BCUT2D eigenvalue weighted by molar-refractivity contribution is -0.0445. The number of carbonyl (C=O) groups excluding carboxylic acids is 1. The zero-order valence-corrected chi connectivity index (χ0v) is 12.5. The minimum absolute atomic E-state index is 0.00671. The first-order valence-electron chi connectivity index (χ1n) is 7.29. The number of rotatable bonds is 4. The Balaban J connectivity index is 1.69. The molecule has 1 saturated carbocycles. The van der Waals surface area contributed by atoms with E-state index in [1.165, 1.54) is 11.3 Å². The first-order chi connectivity index (χ1) is 9.79. The summed E-state index contributed by atoms with van der Waals surface area (Å²) in [4.78, 5) is 14.5. The SMILES string of the molecule is CCCNc1nnc(C(=O)N2CCOC3CCCC32)s1. The van der Waals surface area contributed by atoms with Crippen LogP contribution in [-0.2, 0) is 4.74 Å². The van der Waals surface area contributed by atoms with Gasteiger partial charge in [-0.3, -0.25) is 4.79 Å². The number of anilines is 1. The number of nitrogens with one attached hydrogen (secondary N) is 1. The highest BCUT2D eigenvalue weighted by atomic mass is 32.1. The van der Waals surface area contributed by atoms with Gasteiger partial charge in [0, 0.05) is 13.1 Å². The van der Waals surface area contributed by atoms with Crippen molar-refractivity contribution >= 4 is 22.4 Å². The van der Waals surface area contributed by atoms with Gasteiger partial charge >= 0.3 is 0 Å². The van der Waals surface area contributed by atoms with E-state index >= 15 is 0 Å². The Morgan fingerprint density at radius 3 is 3.25 bits per heavy atom. The molecule has 3 rings (SSSR count). The third-order valence-electron chi connectivity index (χ3n) is 3.88. The van der Waals surface area contributed by atoms with Crippen molar-refractivity contribution in [1.82, 2.24) is 15.1 Å². The Morgan fingerprint density at radius 2 is 2.40 bits per heavy atom. The van der Waals surface area contributed by atoms with E-state index < -0.39 is 0 Å². The average Bonchev–Trinajstić information content (AvgIpc) is 3.12. The first kappa shape index (κ1) is 13.8. The predicted octanol–water partition coefficient (Wildman–Crippen LogP) is 1.75. The normalized spacial score (nSPS) is 25.6. The van der Waals surface area contributed by atoms with Crippen molar-refractivity contribution in [3.8, 4) is 0 Å². The lowest BCUT2D eigenvalue weighted by atomic mass is 10.1. The van der Waals surface area contributed by atoms with Crippen molar-refractivity contribution < 1.29 is 9.53 Å². The summed E-state index contributed by atoms with van der Waals surface area (Å²) in [5.74, 6) is 0.00671. The Morgan fingerprint density at radius 1 is 1.50 bits per heavy atom. The van der Waals surface area contributed by atoms with E-state index in [2.05, 4.69) is 22.4 Å². The van der Waals surface area contributed by atoms with Crippen LogP contribution in [0.5, 0.6) is 0 Å². The predicted molar refractivity (Wildman–Crippen MR) is 77.1 cm³/mol. The molecule has 0 spiro atoms. The molecule has 2 fully saturated rings. The molecule has 0 radical (unpaired) electrons. The molecule has 0 aromatic carbocycles. The Labute approximate surface area is 122 Å². The van der Waals surface area contributed by atoms with Gasteiger partial charge in [0.2, 0.25) is 10.1 Å². The highest BCUT2D eigenvalue weighted by Crippen LogP contribution is 2.31. The maximum atomic E-state index is 12.6. The van der Waals surface area contributed by atoms with E-state index in [4.69, 9.17) is 4.74 Å². The van der Waals surface area contributed by atoms with E-state index in [0.29, 0.717) is 18.2 Å². The molecule has 2 unspecified atom stereocenters. The molecule has 2 atom stereocenters. The van der Waals surface area contributed by atoms with Gasteiger partial charge in [0.1, 0.15) is 0 Å². The second kappa shape index (κ2) is 6.05. The van der Waals surface area contributed by atoms with Gasteiger partial charge < -0.3 is 15.0 Å². The topological polar surface area (TPSA) is 67.4 Å². The highest BCUT2D eigenvalue weighted by molar-refractivity contribution is 7.17. The van der Waals surface area contributed by atoms with Crippen molar-refractivity contribution in [2.24, 2.45) is 0 Å². The van der Waals surface area contributed by atoms with Crippen LogP contribution in [0, 0.1) is 0 Å². The molecule has 20 heavy (non-hydrogen) atoms. The van der Waals surface area contributed by atoms with Crippen molar-refractivity contribution in [1.29, 1.82) is 0 Å². The number of morpholine rings is 1. The molecule has 1 aliphatic carbocycles. The lowest BCUT2D eigenvalue weighted by Gasteiger charge is -2.37. The number of ether oxygens (including phenoxy) is 1. The molecule has 1 saturated heterocycles. The standard InChI is InChI=1S/C13H20N4O2S/c1-2-6-14-13-16-15-11(20-13)12(18)17-7-8-19-10-5-3-4-9(10)17/h9-10H,2-8H2,1H3,(H,14,16). The second-order valence-corrected chi connectivity index (χ2v) is 6.22. The maximum absolute atomic E-state index is 12.6. The Kier molecular flexibility index (Phi) is 4.16. The second-order valence-electron chi connectivity index (χ2n) is 5.25. The molecule has 1 aromatic rings. The number of hydrogen-bond donors (Lipinski definition) is 1. The first-order valence-corrected chi connectivity index (χ1v) is 8.11. The summed E-state index contributed by atoms with van der Waals surface area (Å²) in [6.07, 6.45) is 4.48. The lowest BCUT2D eigenvalue weighted by Crippen LogP contribution is -2.51. The molecule has 2 aliphatic rings. The van der Waals surface area contributed by atoms with Gasteiger partial charge in [0.05, 0.1) is 18.8 Å². The van der Waals surface area contributed by atoms with Crippen LogP contribution < -0.4 is 5.32 Å². The molecule has 2 heterocycles. The molecular formula is C13H20N4O2S. The van der Waals surface area contributed by atoms with Crippen molar-refractivity contribution in [2.45, 2.75) is 44.8 Å². The van der Waals surface area contributed by atoms with E-state index in [1.807, 2.05) is 4.90 Å². The summed E-state index contributed by atoms with van der Waals surface area (Å²) >= 11 is 1.34. The van der Waals surface area contributed by atoms with Crippen molar-refractivity contribution in [2.75, 3.05) is 25.0 Å². The minimum atomic E-state index is 0.00671. The summed E-state index contributed by atoms with van der Waals surface area (Å²) in [6.45, 7) is 4.24. The molecule has 110 valence electrons. The zero-order chi connectivity index (χ0) is 13.9. The minimum Gasteiger partial charge on any atom is -0.374 e. The largest absolute Gasteiger partial charge is 0.374 e. The number of nitrogens with zero attached hydrogens (tertiary/aromatic N) is 3. The number of hydrogen-bond acceptors (Lipinski definition) is 6. The van der Waals surface area contributed by atoms with E-state index in [-0.39, 0.29) is 18.1 Å². The average molecular weight is 296 g/mol. The Bertz CT molecular complexity index is 479. The summed E-state index contributed by atoms with van der Waals surface area (Å²) in [5, 5.41) is 12.4. The van der Waals surface area contributed by atoms with Crippen molar-refractivity contribution in [3.05, 3.63) is 5.01 Å². The third-order valence-corrected chi connectivity index (χ3v) is 4.75. The fourth-order valence-corrected chi connectivity index (χ4v) is 3.64. The van der Waals surface area contributed by atoms with Crippen LogP contribution in [0.15, 0.2) is 0 Å². The number of aromatic nitrogens is 2. The molecule has 0 bridgehead atoms. The van der Waals surface area contributed by atoms with Crippen LogP contribution in [0.1, 0.15) is 42.4 Å². The van der Waals surface area contributed by atoms with Gasteiger partial charge in [0.15, 0.2) is 0 Å². The van der Waals surface area contributed by atoms with Crippen LogP contribution in [-0.4, -0.2) is 52.8 Å². The molecular weight excluding hydrogens is 276 g/mol. The number of fused-ring (bicyclic) bond motifs is 1. The molecule has 1 N–H and O–H groups in total. The molecule has 7 heteroatoms. The molecule has 6 nitrogen and oxygen atoms in total. The third kappa shape index (κ3) is 2.64. The highest BCUT2D eigenvalue weighted by Gasteiger charge is 2.39. The van der Waals surface area contributed by atoms with E-state index in [0.717, 1.165) is 37.4 Å². The van der Waals surface area contributed by atoms with Crippen LogP contribution >= 0.6 is 11.3 Å². The number of amides is 1. The van der Waals surface area contributed by atoms with Gasteiger partial charge in [-0.2, -0.15) is 0 Å². The van der Waals surface area contributed by atoms with E-state index in [9.17, 15) is 4.79 Å². The molecule has 1 amide bonds. The monoisotopic (exact) mass is 296 g/mol. The van der Waals surface area contributed by atoms with Gasteiger partial charge in [0.25, 0.3) is 5.91 Å². The van der Waals surface area contributed by atoms with Crippen molar-refractivity contribution in [3.63, 3.8) is 0 Å². The van der Waals surface area contributed by atoms with E-state index in [1.54, 1.807) is 0 Å². The summed E-state index contributed by atoms with van der Waals surface area (Å²) < 4.78 is 5.74. The quantitative estimate of drug-likeness (QED) is 0.917. The van der Waals surface area contributed by atoms with Crippen LogP contribution in [0.4, 0.5) is 5.13 Å². The van der Waals surface area contributed by atoms with Gasteiger partial charge in [-0.05, 0) is 25.7 Å². The van der Waals surface area contributed by atoms with Crippen LogP contribution in [0.25, 0.3) is 0 Å². The van der Waals surface area contributed by atoms with Crippen LogP contribution in [0.3, 0.4) is 0 Å². The summed E-state index contributed by atoms with van der Waals surface area (Å²) in [6, 6.07) is 0.229. The molecule has 1 aromatic heterocycles. The van der Waals surface area contributed by atoms with Crippen LogP contribution in [0.2, 0.25) is 0 Å². The maximum Gasteiger partial charge on any atom is 0.285 e. The van der Waals surface area contributed by atoms with Gasteiger partial charge in [-0.15, -0.1) is 10.2 Å². The fraction of sp³-hybridized carbons (Fsp3) is 0.769. The number of carbonyl (C=O) groups is 1. The fourth-order valence-electron chi connectivity index (χ4n) is 2.91. The summed E-state index contributed by atoms with van der Waals surface area (Å²) in [5.41, 5.74) is 0. The van der Waals surface area contributed by atoms with Gasteiger partial charge in [-0.25, -0.2) is 0 Å². The molecule has 1 aliphatic heterocycles. The summed E-state index contributed by atoms with van der Waals surface area (Å²) in [7, 11) is 0. The van der Waals surface area contributed by atoms with Gasteiger partial charge in [-0.1, -0.05) is 18.3 Å². The zero-order valence-electron chi connectivity index (χ0n) is 11.7. The smallest absolute Gasteiger partial charge is 0.285 e. The Hall–Kier alpha value is -1.21.